The average Bonchev–Trinajstić information content (AvgIpc) is 3.06. The fraction of sp³-hybridized carbons (Fsp3) is 0.545. The van der Waals surface area contributed by atoms with E-state index in [1.165, 1.54) is 4.90 Å². The van der Waals surface area contributed by atoms with Gasteiger partial charge in [0.15, 0.2) is 0 Å². The quantitative estimate of drug-likeness (QED) is 0.782. The predicted octanol–water partition coefficient (Wildman–Crippen LogP) is 0.179. The molecule has 18 heavy (non-hydrogen) atoms. The molecule has 2 rings (SSSR count). The fourth-order valence-corrected chi connectivity index (χ4v) is 1.74. The Morgan fingerprint density at radius 3 is 2.83 bits per heavy atom. The van der Waals surface area contributed by atoms with Gasteiger partial charge in [0.2, 0.25) is 0 Å². The summed E-state index contributed by atoms with van der Waals surface area (Å²) < 4.78 is 1.65. The Labute approximate surface area is 104 Å². The van der Waals surface area contributed by atoms with Crippen LogP contribution in [0.15, 0.2) is 12.4 Å². The summed E-state index contributed by atoms with van der Waals surface area (Å²) in [6, 6.07) is -0.251. The van der Waals surface area contributed by atoms with Crippen LogP contribution in [0.2, 0.25) is 0 Å². The van der Waals surface area contributed by atoms with E-state index >= 15 is 0 Å². The first-order chi connectivity index (χ1) is 8.56. The molecular weight excluding hydrogens is 236 g/mol. The number of carboxylic acids is 1. The number of carboxylic acid groups (broad SMARTS) is 1. The first-order valence-corrected chi connectivity index (χ1v) is 5.80. The van der Waals surface area contributed by atoms with Gasteiger partial charge >= 0.3 is 12.0 Å². The molecule has 0 spiro atoms. The van der Waals surface area contributed by atoms with E-state index in [4.69, 9.17) is 5.11 Å². The zero-order valence-corrected chi connectivity index (χ0v) is 10.2. The highest BCUT2D eigenvalue weighted by Gasteiger charge is 2.33. The second-order valence-corrected chi connectivity index (χ2v) is 4.43. The van der Waals surface area contributed by atoms with Gasteiger partial charge < -0.3 is 15.3 Å². The van der Waals surface area contributed by atoms with Crippen molar-refractivity contribution < 1.29 is 14.7 Å². The highest BCUT2D eigenvalue weighted by molar-refractivity contribution is 5.80. The molecule has 1 saturated carbocycles. The number of aromatic nitrogens is 2. The van der Waals surface area contributed by atoms with E-state index in [1.54, 1.807) is 24.1 Å². The Morgan fingerprint density at radius 1 is 1.61 bits per heavy atom. The van der Waals surface area contributed by atoms with Gasteiger partial charge in [-0.1, -0.05) is 0 Å². The maximum Gasteiger partial charge on any atom is 0.323 e. The number of rotatable bonds is 5. The van der Waals surface area contributed by atoms with Crippen LogP contribution in [-0.2, 0) is 18.4 Å². The zero-order valence-electron chi connectivity index (χ0n) is 10.2. The van der Waals surface area contributed by atoms with Gasteiger partial charge in [0.1, 0.15) is 6.54 Å². The molecule has 1 aliphatic rings. The molecule has 0 radical (unpaired) electrons. The molecule has 7 nitrogen and oxygen atoms in total. The summed E-state index contributed by atoms with van der Waals surface area (Å²) in [5, 5.41) is 15.5. The lowest BCUT2D eigenvalue weighted by Crippen LogP contribution is -2.43. The Kier molecular flexibility index (Phi) is 3.50. The molecule has 98 valence electrons. The largest absolute Gasteiger partial charge is 0.480 e. The van der Waals surface area contributed by atoms with Crippen molar-refractivity contribution in [3.63, 3.8) is 0 Å². The highest BCUT2D eigenvalue weighted by Crippen LogP contribution is 2.26. The number of amides is 2. The third-order valence-corrected chi connectivity index (χ3v) is 2.76. The minimum Gasteiger partial charge on any atom is -0.480 e. The Morgan fingerprint density at radius 2 is 2.33 bits per heavy atom. The monoisotopic (exact) mass is 252 g/mol. The number of aliphatic carboxylic acids is 1. The maximum atomic E-state index is 11.9. The Bertz CT molecular complexity index is 453. The van der Waals surface area contributed by atoms with Crippen LogP contribution in [-0.4, -0.2) is 44.4 Å². The second-order valence-electron chi connectivity index (χ2n) is 4.43. The maximum absolute atomic E-state index is 11.9. The average molecular weight is 252 g/mol. The van der Waals surface area contributed by atoms with Crippen LogP contribution >= 0.6 is 0 Å². The number of nitrogens with zero attached hydrogens (tertiary/aromatic N) is 3. The minimum absolute atomic E-state index is 0.0787. The summed E-state index contributed by atoms with van der Waals surface area (Å²) in [5.74, 6) is -0.988. The first-order valence-electron chi connectivity index (χ1n) is 5.80. The molecule has 2 N–H and O–H groups in total. The number of urea groups is 1. The molecule has 0 aliphatic heterocycles. The van der Waals surface area contributed by atoms with Crippen molar-refractivity contribution in [3.05, 3.63) is 18.0 Å². The van der Waals surface area contributed by atoms with Gasteiger partial charge in [-0.15, -0.1) is 0 Å². The van der Waals surface area contributed by atoms with Crippen molar-refractivity contribution >= 4 is 12.0 Å². The number of nitrogens with one attached hydrogen (secondary N) is 1. The predicted molar refractivity (Wildman–Crippen MR) is 62.8 cm³/mol. The van der Waals surface area contributed by atoms with Crippen molar-refractivity contribution in [3.8, 4) is 0 Å². The summed E-state index contributed by atoms with van der Waals surface area (Å²) >= 11 is 0. The molecule has 0 unspecified atom stereocenters. The standard InChI is InChI=1S/C11H16N4O3/c1-14-6-8(5-13-14)4-12-11(18)15(7-10(16)17)9-2-3-9/h5-6,9H,2-4,7H2,1H3,(H,12,18)(H,16,17). The van der Waals surface area contributed by atoms with Crippen LogP contribution in [0.3, 0.4) is 0 Å². The molecule has 0 bridgehead atoms. The zero-order chi connectivity index (χ0) is 13.1. The molecule has 0 aromatic carbocycles. The number of carbonyl (C=O) groups excluding carboxylic acids is 1. The van der Waals surface area contributed by atoms with Crippen molar-refractivity contribution in [2.24, 2.45) is 7.05 Å². The third kappa shape index (κ3) is 3.22. The second kappa shape index (κ2) is 5.07. The fourth-order valence-electron chi connectivity index (χ4n) is 1.74. The van der Waals surface area contributed by atoms with Crippen molar-refractivity contribution in [1.29, 1.82) is 0 Å². The topological polar surface area (TPSA) is 87.5 Å². The van der Waals surface area contributed by atoms with Crippen molar-refractivity contribution in [2.75, 3.05) is 6.54 Å². The van der Waals surface area contributed by atoms with E-state index in [0.717, 1.165) is 18.4 Å². The van der Waals surface area contributed by atoms with E-state index < -0.39 is 5.97 Å². The summed E-state index contributed by atoms with van der Waals surface area (Å²) in [6.07, 6.45) is 5.24. The minimum atomic E-state index is -0.988. The van der Waals surface area contributed by atoms with Crippen molar-refractivity contribution in [2.45, 2.75) is 25.4 Å². The normalized spacial score (nSPS) is 14.3. The van der Waals surface area contributed by atoms with Crippen LogP contribution in [0.4, 0.5) is 4.79 Å². The Balaban J connectivity index is 1.87. The molecule has 1 fully saturated rings. The van der Waals surface area contributed by atoms with E-state index in [-0.39, 0.29) is 18.6 Å². The lowest BCUT2D eigenvalue weighted by molar-refractivity contribution is -0.137. The molecule has 1 heterocycles. The van der Waals surface area contributed by atoms with Gasteiger partial charge in [-0.3, -0.25) is 9.48 Å². The number of aryl methyl sites for hydroxylation is 1. The molecule has 7 heteroatoms. The Hall–Kier alpha value is -2.05. The first kappa shape index (κ1) is 12.4. The van der Waals surface area contributed by atoms with Gasteiger partial charge in [-0.25, -0.2) is 4.79 Å². The van der Waals surface area contributed by atoms with Crippen LogP contribution in [0.25, 0.3) is 0 Å². The van der Waals surface area contributed by atoms with Crippen LogP contribution in [0.5, 0.6) is 0 Å². The van der Waals surface area contributed by atoms with E-state index in [2.05, 4.69) is 10.4 Å². The van der Waals surface area contributed by atoms with Gasteiger partial charge in [0.05, 0.1) is 6.20 Å². The molecular formula is C11H16N4O3. The van der Waals surface area contributed by atoms with E-state index in [1.807, 2.05) is 0 Å². The van der Waals surface area contributed by atoms with Gasteiger partial charge in [-0.2, -0.15) is 5.10 Å². The molecule has 1 aliphatic carbocycles. The molecule has 1 aromatic rings. The third-order valence-electron chi connectivity index (χ3n) is 2.76. The van der Waals surface area contributed by atoms with Gasteiger partial charge in [0, 0.05) is 31.4 Å². The van der Waals surface area contributed by atoms with Gasteiger partial charge in [0.25, 0.3) is 0 Å². The molecule has 0 saturated heterocycles. The van der Waals surface area contributed by atoms with E-state index in [0.29, 0.717) is 6.54 Å². The van der Waals surface area contributed by atoms with Crippen LogP contribution < -0.4 is 5.32 Å². The summed E-state index contributed by atoms with van der Waals surface area (Å²) in [6.45, 7) is 0.110. The molecule has 0 atom stereocenters. The molecule has 2 amide bonds. The smallest absolute Gasteiger partial charge is 0.323 e. The van der Waals surface area contributed by atoms with Crippen LogP contribution in [0, 0.1) is 0 Å². The van der Waals surface area contributed by atoms with Crippen LogP contribution in [0.1, 0.15) is 18.4 Å². The molecule has 1 aromatic heterocycles. The SMILES string of the molecule is Cn1cc(CNC(=O)N(CC(=O)O)C2CC2)cn1. The number of hydrogen-bond acceptors (Lipinski definition) is 3. The lowest BCUT2D eigenvalue weighted by Gasteiger charge is -2.20. The summed E-state index contributed by atoms with van der Waals surface area (Å²) in [5.41, 5.74) is 0.886. The highest BCUT2D eigenvalue weighted by atomic mass is 16.4. The van der Waals surface area contributed by atoms with Crippen molar-refractivity contribution in [1.82, 2.24) is 20.0 Å². The number of hydrogen-bond donors (Lipinski definition) is 2. The lowest BCUT2D eigenvalue weighted by atomic mass is 10.3. The summed E-state index contributed by atoms with van der Waals surface area (Å²) in [4.78, 5) is 23.9. The van der Waals surface area contributed by atoms with Gasteiger partial charge in [-0.05, 0) is 12.8 Å². The van der Waals surface area contributed by atoms with E-state index in [9.17, 15) is 9.59 Å². The summed E-state index contributed by atoms with van der Waals surface area (Å²) in [7, 11) is 1.80. The number of carbonyl (C=O) groups is 2.